The third-order valence-electron chi connectivity index (χ3n) is 4.57. The van der Waals surface area contributed by atoms with Crippen LogP contribution in [-0.4, -0.2) is 5.91 Å². The number of anilines is 1. The highest BCUT2D eigenvalue weighted by atomic mass is 32.1. The highest BCUT2D eigenvalue weighted by Gasteiger charge is 2.33. The maximum atomic E-state index is 13.6. The van der Waals surface area contributed by atoms with Crippen LogP contribution >= 0.6 is 11.3 Å². The molecule has 0 bridgehead atoms. The Morgan fingerprint density at radius 1 is 1.07 bits per heavy atom. The van der Waals surface area contributed by atoms with E-state index in [4.69, 9.17) is 0 Å². The normalized spacial score (nSPS) is 16.7. The number of amides is 1. The molecule has 7 heteroatoms. The van der Waals surface area contributed by atoms with Gasteiger partial charge in [0.25, 0.3) is 0 Å². The number of alkyl halides is 3. The summed E-state index contributed by atoms with van der Waals surface area (Å²) in [7, 11) is 0. The summed E-state index contributed by atoms with van der Waals surface area (Å²) < 4.78 is 51.9. The van der Waals surface area contributed by atoms with E-state index >= 15 is 0 Å². The van der Waals surface area contributed by atoms with Gasteiger partial charge in [-0.25, -0.2) is 4.39 Å². The van der Waals surface area contributed by atoms with Crippen LogP contribution in [0.25, 0.3) is 11.1 Å². The van der Waals surface area contributed by atoms with Gasteiger partial charge in [-0.15, -0.1) is 11.3 Å². The van der Waals surface area contributed by atoms with E-state index < -0.39 is 11.7 Å². The van der Waals surface area contributed by atoms with Crippen LogP contribution in [0.2, 0.25) is 0 Å². The van der Waals surface area contributed by atoms with Gasteiger partial charge in [-0.05, 0) is 35.4 Å². The van der Waals surface area contributed by atoms with Crippen LogP contribution in [-0.2, 0) is 11.0 Å². The maximum absolute atomic E-state index is 13.6. The zero-order valence-electron chi connectivity index (χ0n) is 13.8. The Morgan fingerprint density at radius 3 is 2.48 bits per heavy atom. The highest BCUT2D eigenvalue weighted by Crippen LogP contribution is 2.46. The van der Waals surface area contributed by atoms with Gasteiger partial charge in [0.15, 0.2) is 0 Å². The molecular weight excluding hydrogens is 378 g/mol. The number of nitrogens with one attached hydrogen (secondary N) is 1. The summed E-state index contributed by atoms with van der Waals surface area (Å²) in [5, 5.41) is 4.67. The molecule has 1 atom stereocenters. The third kappa shape index (κ3) is 3.35. The fourth-order valence-corrected chi connectivity index (χ4v) is 4.43. The molecule has 0 saturated heterocycles. The van der Waals surface area contributed by atoms with Gasteiger partial charge in [0.2, 0.25) is 5.91 Å². The number of benzene rings is 2. The van der Waals surface area contributed by atoms with E-state index in [-0.39, 0.29) is 24.1 Å². The molecule has 1 amide bonds. The van der Waals surface area contributed by atoms with Gasteiger partial charge in [0, 0.05) is 28.2 Å². The van der Waals surface area contributed by atoms with Crippen LogP contribution in [0.15, 0.2) is 53.9 Å². The van der Waals surface area contributed by atoms with E-state index in [1.54, 1.807) is 12.1 Å². The quantitative estimate of drug-likeness (QED) is 0.530. The molecule has 2 heterocycles. The van der Waals surface area contributed by atoms with E-state index in [1.807, 2.05) is 5.38 Å². The first-order valence-corrected chi connectivity index (χ1v) is 9.05. The van der Waals surface area contributed by atoms with Crippen molar-refractivity contribution >= 4 is 22.9 Å². The van der Waals surface area contributed by atoms with Gasteiger partial charge in [0.1, 0.15) is 5.82 Å². The molecule has 27 heavy (non-hydrogen) atoms. The van der Waals surface area contributed by atoms with Gasteiger partial charge >= 0.3 is 6.18 Å². The summed E-state index contributed by atoms with van der Waals surface area (Å²) in [5.41, 5.74) is 1.87. The van der Waals surface area contributed by atoms with Gasteiger partial charge in [-0.3, -0.25) is 4.79 Å². The number of carbonyl (C=O) groups is 1. The van der Waals surface area contributed by atoms with E-state index in [9.17, 15) is 22.4 Å². The lowest BCUT2D eigenvalue weighted by Crippen LogP contribution is -2.22. The predicted molar refractivity (Wildman–Crippen MR) is 96.2 cm³/mol. The number of rotatable bonds is 2. The molecular formula is C20H13F4NOS. The van der Waals surface area contributed by atoms with Crippen molar-refractivity contribution in [1.82, 2.24) is 0 Å². The van der Waals surface area contributed by atoms with Crippen molar-refractivity contribution < 1.29 is 22.4 Å². The molecule has 4 rings (SSSR count). The van der Waals surface area contributed by atoms with Gasteiger partial charge in [-0.2, -0.15) is 13.2 Å². The molecule has 1 aliphatic rings. The molecule has 138 valence electrons. The lowest BCUT2D eigenvalue weighted by atomic mass is 9.88. The molecule has 1 N–H and O–H groups in total. The lowest BCUT2D eigenvalue weighted by Gasteiger charge is -2.24. The predicted octanol–water partition coefficient (Wildman–Crippen LogP) is 6.05. The van der Waals surface area contributed by atoms with E-state index in [2.05, 4.69) is 5.32 Å². The van der Waals surface area contributed by atoms with Crippen molar-refractivity contribution in [2.24, 2.45) is 0 Å². The molecule has 0 aliphatic carbocycles. The van der Waals surface area contributed by atoms with Crippen molar-refractivity contribution in [3.63, 3.8) is 0 Å². The Balaban J connectivity index is 1.75. The molecule has 1 aromatic heterocycles. The number of hydrogen-bond donors (Lipinski definition) is 1. The van der Waals surface area contributed by atoms with Crippen molar-refractivity contribution in [2.75, 3.05) is 5.32 Å². The molecule has 0 spiro atoms. The SMILES string of the molecule is O=C1CC(c2ccc(C(F)(F)F)cc2)c2scc(-c3cccc(F)c3)c2N1. The van der Waals surface area contributed by atoms with Crippen molar-refractivity contribution in [3.05, 3.63) is 75.7 Å². The Hall–Kier alpha value is -2.67. The van der Waals surface area contributed by atoms with Crippen LogP contribution in [0.3, 0.4) is 0 Å². The van der Waals surface area contributed by atoms with Crippen LogP contribution in [0, 0.1) is 5.82 Å². The molecule has 1 unspecified atom stereocenters. The van der Waals surface area contributed by atoms with Gasteiger partial charge in [-0.1, -0.05) is 24.3 Å². The molecule has 3 aromatic rings. The van der Waals surface area contributed by atoms with Crippen molar-refractivity contribution in [2.45, 2.75) is 18.5 Å². The van der Waals surface area contributed by atoms with Crippen LogP contribution in [0.5, 0.6) is 0 Å². The number of thiophene rings is 1. The second-order valence-corrected chi connectivity index (χ2v) is 7.23. The van der Waals surface area contributed by atoms with E-state index in [0.717, 1.165) is 17.0 Å². The largest absolute Gasteiger partial charge is 0.416 e. The topological polar surface area (TPSA) is 29.1 Å². The fraction of sp³-hybridized carbons (Fsp3) is 0.150. The van der Waals surface area contributed by atoms with Crippen LogP contribution in [0.1, 0.15) is 28.3 Å². The minimum absolute atomic E-state index is 0.154. The monoisotopic (exact) mass is 391 g/mol. The second-order valence-electron chi connectivity index (χ2n) is 6.32. The number of carbonyl (C=O) groups excluding carboxylic acids is 1. The number of halogens is 4. The Morgan fingerprint density at radius 2 is 1.81 bits per heavy atom. The summed E-state index contributed by atoms with van der Waals surface area (Å²) in [6.45, 7) is 0. The zero-order valence-corrected chi connectivity index (χ0v) is 14.6. The van der Waals surface area contributed by atoms with Crippen LogP contribution < -0.4 is 5.32 Å². The Bertz CT molecular complexity index is 1010. The van der Waals surface area contributed by atoms with Gasteiger partial charge in [0.05, 0.1) is 11.3 Å². The fourth-order valence-electron chi connectivity index (χ4n) is 3.27. The summed E-state index contributed by atoms with van der Waals surface area (Å²) in [5.74, 6) is -0.930. The molecule has 2 nitrogen and oxygen atoms in total. The Labute approximate surface area is 156 Å². The minimum atomic E-state index is -4.40. The first-order chi connectivity index (χ1) is 12.8. The van der Waals surface area contributed by atoms with E-state index in [0.29, 0.717) is 22.4 Å². The molecule has 0 radical (unpaired) electrons. The van der Waals surface area contributed by atoms with E-state index in [1.165, 1.54) is 35.6 Å². The smallest absolute Gasteiger partial charge is 0.325 e. The average molecular weight is 391 g/mol. The number of fused-ring (bicyclic) bond motifs is 1. The highest BCUT2D eigenvalue weighted by molar-refractivity contribution is 7.11. The molecule has 1 aliphatic heterocycles. The van der Waals surface area contributed by atoms with Crippen LogP contribution in [0.4, 0.5) is 23.2 Å². The maximum Gasteiger partial charge on any atom is 0.416 e. The average Bonchev–Trinajstić information content (AvgIpc) is 3.04. The molecule has 0 fully saturated rings. The second kappa shape index (κ2) is 6.49. The molecule has 2 aromatic carbocycles. The minimum Gasteiger partial charge on any atom is -0.325 e. The van der Waals surface area contributed by atoms with Gasteiger partial charge < -0.3 is 5.32 Å². The lowest BCUT2D eigenvalue weighted by molar-refractivity contribution is -0.137. The summed E-state index contributed by atoms with van der Waals surface area (Å²) in [6, 6.07) is 11.0. The standard InChI is InChI=1S/C20H13F4NOS/c21-14-3-1-2-12(8-14)16-10-27-19-15(9-17(26)25-18(16)19)11-4-6-13(7-5-11)20(22,23)24/h1-8,10,15H,9H2,(H,25,26). The Kier molecular flexibility index (Phi) is 4.26. The number of hydrogen-bond acceptors (Lipinski definition) is 2. The summed E-state index contributed by atoms with van der Waals surface area (Å²) in [6.07, 6.45) is -4.25. The van der Waals surface area contributed by atoms with Crippen molar-refractivity contribution in [3.8, 4) is 11.1 Å². The molecule has 0 saturated carbocycles. The first-order valence-electron chi connectivity index (χ1n) is 8.17. The van der Waals surface area contributed by atoms with Crippen molar-refractivity contribution in [1.29, 1.82) is 0 Å². The zero-order chi connectivity index (χ0) is 19.2. The summed E-state index contributed by atoms with van der Waals surface area (Å²) in [4.78, 5) is 13.1. The first kappa shape index (κ1) is 17.7. The third-order valence-corrected chi connectivity index (χ3v) is 5.66. The summed E-state index contributed by atoms with van der Waals surface area (Å²) >= 11 is 1.41.